The van der Waals surface area contributed by atoms with Crippen molar-refractivity contribution in [3.63, 3.8) is 0 Å². The highest BCUT2D eigenvalue weighted by Crippen LogP contribution is 2.34. The third kappa shape index (κ3) is 2.82. The number of phenolic OH excluding ortho intramolecular Hbond substituents is 1. The van der Waals surface area contributed by atoms with Gasteiger partial charge in [0, 0.05) is 16.6 Å². The van der Waals surface area contributed by atoms with E-state index < -0.39 is 0 Å². The molecule has 1 aliphatic rings. The van der Waals surface area contributed by atoms with Gasteiger partial charge in [0.2, 0.25) is 0 Å². The average molecular weight is 262 g/mol. The number of aromatic hydroxyl groups is 1. The summed E-state index contributed by atoms with van der Waals surface area (Å²) in [6.45, 7) is 2.91. The van der Waals surface area contributed by atoms with Crippen LogP contribution in [-0.4, -0.2) is 11.7 Å². The van der Waals surface area contributed by atoms with Crippen LogP contribution in [0.1, 0.15) is 36.4 Å². The van der Waals surface area contributed by atoms with Crippen LogP contribution in [0.3, 0.4) is 0 Å². The Morgan fingerprint density at radius 2 is 2.12 bits per heavy atom. The van der Waals surface area contributed by atoms with Crippen LogP contribution in [0.25, 0.3) is 0 Å². The molecule has 0 aromatic heterocycles. The zero-order valence-electron chi connectivity index (χ0n) is 9.29. The van der Waals surface area contributed by atoms with Crippen molar-refractivity contribution in [2.24, 2.45) is 0 Å². The molecule has 0 spiro atoms. The zero-order chi connectivity index (χ0) is 10.8. The van der Waals surface area contributed by atoms with Crippen molar-refractivity contribution in [1.82, 2.24) is 5.32 Å². The topological polar surface area (TPSA) is 32.3 Å². The molecule has 1 heterocycles. The van der Waals surface area contributed by atoms with Crippen molar-refractivity contribution >= 4 is 24.0 Å². The fourth-order valence-corrected chi connectivity index (χ4v) is 2.43. The standard InChI is InChI=1S/C12H16ClNO.ClH/c1-8-6-9(13)7-10(12(8)15)11-4-2-3-5-14-11;/h6-7,11,14-15H,2-5H2,1H3;1H/t11-;/m1./s1. The second-order valence-electron chi connectivity index (χ2n) is 4.16. The number of phenols is 1. The lowest BCUT2D eigenvalue weighted by molar-refractivity contribution is 0.390. The monoisotopic (exact) mass is 261 g/mol. The molecular formula is C12H17Cl2NO. The van der Waals surface area contributed by atoms with E-state index in [1.54, 1.807) is 6.07 Å². The van der Waals surface area contributed by atoms with Crippen molar-refractivity contribution < 1.29 is 5.11 Å². The minimum Gasteiger partial charge on any atom is -0.507 e. The van der Waals surface area contributed by atoms with Crippen LogP contribution < -0.4 is 5.32 Å². The summed E-state index contributed by atoms with van der Waals surface area (Å²) in [4.78, 5) is 0. The van der Waals surface area contributed by atoms with E-state index in [2.05, 4.69) is 5.32 Å². The number of aryl methyl sites for hydroxylation is 1. The van der Waals surface area contributed by atoms with Gasteiger partial charge in [-0.2, -0.15) is 0 Å². The first-order valence-electron chi connectivity index (χ1n) is 5.41. The van der Waals surface area contributed by atoms with Crippen LogP contribution in [0.5, 0.6) is 5.75 Å². The number of halogens is 2. The molecule has 1 saturated heterocycles. The van der Waals surface area contributed by atoms with Gasteiger partial charge in [0.15, 0.2) is 0 Å². The second-order valence-corrected chi connectivity index (χ2v) is 4.60. The Labute approximate surface area is 107 Å². The highest BCUT2D eigenvalue weighted by molar-refractivity contribution is 6.30. The summed E-state index contributed by atoms with van der Waals surface area (Å²) in [7, 11) is 0. The Bertz CT molecular complexity index is 362. The largest absolute Gasteiger partial charge is 0.507 e. The molecule has 16 heavy (non-hydrogen) atoms. The molecule has 90 valence electrons. The molecule has 2 rings (SSSR count). The molecule has 0 radical (unpaired) electrons. The summed E-state index contributed by atoms with van der Waals surface area (Å²) >= 11 is 6.00. The van der Waals surface area contributed by atoms with Gasteiger partial charge in [-0.3, -0.25) is 0 Å². The molecule has 0 saturated carbocycles. The van der Waals surface area contributed by atoms with Crippen molar-refractivity contribution in [3.8, 4) is 5.75 Å². The number of piperidine rings is 1. The molecule has 0 unspecified atom stereocenters. The molecular weight excluding hydrogens is 245 g/mol. The molecule has 1 atom stereocenters. The molecule has 0 aliphatic carbocycles. The summed E-state index contributed by atoms with van der Waals surface area (Å²) in [5.41, 5.74) is 1.80. The Kier molecular flexibility index (Phi) is 4.90. The minimum atomic E-state index is 0. The highest BCUT2D eigenvalue weighted by atomic mass is 35.5. The zero-order valence-corrected chi connectivity index (χ0v) is 10.9. The summed E-state index contributed by atoms with van der Waals surface area (Å²) < 4.78 is 0. The smallest absolute Gasteiger partial charge is 0.123 e. The third-order valence-electron chi connectivity index (χ3n) is 2.98. The first-order chi connectivity index (χ1) is 7.18. The van der Waals surface area contributed by atoms with Gasteiger partial charge < -0.3 is 10.4 Å². The fraction of sp³-hybridized carbons (Fsp3) is 0.500. The van der Waals surface area contributed by atoms with Crippen molar-refractivity contribution in [3.05, 3.63) is 28.3 Å². The van der Waals surface area contributed by atoms with E-state index in [0.717, 1.165) is 24.1 Å². The number of hydrogen-bond acceptors (Lipinski definition) is 2. The van der Waals surface area contributed by atoms with Crippen LogP contribution in [0.2, 0.25) is 5.02 Å². The predicted molar refractivity (Wildman–Crippen MR) is 69.7 cm³/mol. The van der Waals surface area contributed by atoms with Crippen LogP contribution >= 0.6 is 24.0 Å². The molecule has 1 aromatic rings. The van der Waals surface area contributed by atoms with Gasteiger partial charge in [0.25, 0.3) is 0 Å². The van der Waals surface area contributed by atoms with E-state index in [1.165, 1.54) is 12.8 Å². The van der Waals surface area contributed by atoms with Crippen LogP contribution in [0, 0.1) is 6.92 Å². The summed E-state index contributed by atoms with van der Waals surface area (Å²) in [5, 5.41) is 14.1. The average Bonchev–Trinajstić information content (AvgIpc) is 2.24. The Morgan fingerprint density at radius 3 is 2.75 bits per heavy atom. The number of nitrogens with one attached hydrogen (secondary N) is 1. The Hall–Kier alpha value is -0.440. The van der Waals surface area contributed by atoms with Crippen LogP contribution in [-0.2, 0) is 0 Å². The molecule has 1 aliphatic heterocycles. The van der Waals surface area contributed by atoms with Gasteiger partial charge in [-0.25, -0.2) is 0 Å². The maximum atomic E-state index is 9.98. The number of hydrogen-bond donors (Lipinski definition) is 2. The van der Waals surface area contributed by atoms with Gasteiger partial charge in [-0.1, -0.05) is 18.0 Å². The fourth-order valence-electron chi connectivity index (χ4n) is 2.14. The predicted octanol–water partition coefficient (Wildman–Crippen LogP) is 3.59. The van der Waals surface area contributed by atoms with Gasteiger partial charge in [-0.05, 0) is 44.0 Å². The number of benzene rings is 1. The second kappa shape index (κ2) is 5.76. The SMILES string of the molecule is Cc1cc(Cl)cc([C@H]2CCCCN2)c1O.Cl. The van der Waals surface area contributed by atoms with Gasteiger partial charge in [-0.15, -0.1) is 12.4 Å². The van der Waals surface area contributed by atoms with Crippen molar-refractivity contribution in [2.45, 2.75) is 32.2 Å². The lowest BCUT2D eigenvalue weighted by Crippen LogP contribution is -2.26. The maximum absolute atomic E-state index is 9.98. The molecule has 1 aromatic carbocycles. The van der Waals surface area contributed by atoms with E-state index in [1.807, 2.05) is 13.0 Å². The highest BCUT2D eigenvalue weighted by Gasteiger charge is 2.19. The first kappa shape index (κ1) is 13.6. The quantitative estimate of drug-likeness (QED) is 0.810. The summed E-state index contributed by atoms with van der Waals surface area (Å²) in [5.74, 6) is 0.388. The first-order valence-corrected chi connectivity index (χ1v) is 5.78. The van der Waals surface area contributed by atoms with Crippen molar-refractivity contribution in [1.29, 1.82) is 0 Å². The minimum absolute atomic E-state index is 0. The Balaban J connectivity index is 0.00000128. The molecule has 1 fully saturated rings. The third-order valence-corrected chi connectivity index (χ3v) is 3.20. The van der Waals surface area contributed by atoms with Crippen LogP contribution in [0.15, 0.2) is 12.1 Å². The van der Waals surface area contributed by atoms with E-state index in [-0.39, 0.29) is 18.4 Å². The lowest BCUT2D eigenvalue weighted by Gasteiger charge is -2.25. The van der Waals surface area contributed by atoms with Crippen molar-refractivity contribution in [2.75, 3.05) is 6.54 Å². The normalized spacial score (nSPS) is 20.2. The summed E-state index contributed by atoms with van der Waals surface area (Å²) in [6, 6.07) is 3.92. The van der Waals surface area contributed by atoms with E-state index >= 15 is 0 Å². The molecule has 0 bridgehead atoms. The van der Waals surface area contributed by atoms with Gasteiger partial charge >= 0.3 is 0 Å². The molecule has 2 N–H and O–H groups in total. The van der Waals surface area contributed by atoms with E-state index in [9.17, 15) is 5.11 Å². The summed E-state index contributed by atoms with van der Waals surface area (Å²) in [6.07, 6.45) is 3.51. The van der Waals surface area contributed by atoms with E-state index in [4.69, 9.17) is 11.6 Å². The van der Waals surface area contributed by atoms with Gasteiger partial charge in [0.05, 0.1) is 0 Å². The van der Waals surface area contributed by atoms with Gasteiger partial charge in [0.1, 0.15) is 5.75 Å². The number of rotatable bonds is 1. The Morgan fingerprint density at radius 1 is 1.38 bits per heavy atom. The molecule has 4 heteroatoms. The lowest BCUT2D eigenvalue weighted by atomic mass is 9.95. The van der Waals surface area contributed by atoms with E-state index in [0.29, 0.717) is 10.8 Å². The maximum Gasteiger partial charge on any atom is 0.123 e. The van der Waals surface area contributed by atoms with Crippen LogP contribution in [0.4, 0.5) is 0 Å². The molecule has 2 nitrogen and oxygen atoms in total. The molecule has 0 amide bonds.